The average Bonchev–Trinajstić information content (AvgIpc) is 3.21. The van der Waals surface area contributed by atoms with Gasteiger partial charge in [0, 0.05) is 18.6 Å². The van der Waals surface area contributed by atoms with Gasteiger partial charge in [0.05, 0.1) is 12.1 Å². The Balaban J connectivity index is 0.000000622. The van der Waals surface area contributed by atoms with Crippen molar-refractivity contribution in [1.82, 2.24) is 37.2 Å². The fraction of sp³-hybridized carbons (Fsp3) is 0.578. The number of ether oxygens (including phenoxy) is 3. The summed E-state index contributed by atoms with van der Waals surface area (Å²) in [5, 5.41) is 27.8. The minimum Gasteiger partial charge on any atom is -0.508 e. The molecule has 0 aliphatic carbocycles. The Hall–Kier alpha value is -6.51. The van der Waals surface area contributed by atoms with Gasteiger partial charge in [-0.2, -0.15) is 0 Å². The van der Waals surface area contributed by atoms with E-state index in [-0.39, 0.29) is 37.2 Å². The van der Waals surface area contributed by atoms with Gasteiger partial charge in [-0.3, -0.25) is 28.8 Å². The molecule has 21 heteroatoms. The van der Waals surface area contributed by atoms with Crippen LogP contribution < -0.4 is 43.0 Å². The number of hydrogen-bond acceptors (Lipinski definition) is 14. The highest BCUT2D eigenvalue weighted by Gasteiger charge is 2.33. The van der Waals surface area contributed by atoms with Crippen molar-refractivity contribution >= 4 is 53.5 Å². The topological polar surface area (TPSA) is 312 Å². The summed E-state index contributed by atoms with van der Waals surface area (Å²) in [5.41, 5.74) is 5.47. The maximum absolute atomic E-state index is 13.5. The van der Waals surface area contributed by atoms with Crippen LogP contribution in [-0.2, 0) is 59.0 Å². The van der Waals surface area contributed by atoms with Crippen molar-refractivity contribution in [1.29, 1.82) is 0 Å². The number of nitrogens with one attached hydrogen (secondary N) is 7. The van der Waals surface area contributed by atoms with Gasteiger partial charge >= 0.3 is 18.0 Å². The number of rotatable bonds is 10. The van der Waals surface area contributed by atoms with Crippen molar-refractivity contribution in [2.45, 2.75) is 137 Å². The quantitative estimate of drug-likeness (QED) is 0.113. The van der Waals surface area contributed by atoms with E-state index in [9.17, 15) is 48.3 Å². The lowest BCUT2D eigenvalue weighted by atomic mass is 10.0. The van der Waals surface area contributed by atoms with E-state index in [1.165, 1.54) is 44.2 Å². The molecule has 0 aromatic heterocycles. The molecule has 366 valence electrons. The molecule has 2 heterocycles. The predicted octanol–water partition coefficient (Wildman–Crippen LogP) is 0.284. The molecule has 10 N–H and O–H groups in total. The van der Waals surface area contributed by atoms with Gasteiger partial charge in [0.2, 0.25) is 35.4 Å². The van der Waals surface area contributed by atoms with Crippen molar-refractivity contribution in [3.8, 4) is 5.75 Å². The van der Waals surface area contributed by atoms with Crippen molar-refractivity contribution in [3.05, 3.63) is 54.1 Å². The van der Waals surface area contributed by atoms with Crippen LogP contribution in [0, 0.1) is 17.8 Å². The molecule has 66 heavy (non-hydrogen) atoms. The highest BCUT2D eigenvalue weighted by atomic mass is 16.6. The number of alkyl carbamates (subject to hydrolysis) is 1. The van der Waals surface area contributed by atoms with Gasteiger partial charge < -0.3 is 62.3 Å². The average molecular weight is 929 g/mol. The molecule has 0 radical (unpaired) electrons. The van der Waals surface area contributed by atoms with Crippen LogP contribution in [0.25, 0.3) is 0 Å². The number of nitrogens with two attached hydrogens (primary N) is 1. The molecule has 21 nitrogen and oxygen atoms in total. The number of hydrogen-bond donors (Lipinski definition) is 9. The molecule has 1 aromatic rings. The first-order valence-electron chi connectivity index (χ1n) is 21.7. The van der Waals surface area contributed by atoms with Crippen LogP contribution in [-0.4, -0.2) is 126 Å². The van der Waals surface area contributed by atoms with Crippen molar-refractivity contribution in [2.24, 2.45) is 23.5 Å². The smallest absolute Gasteiger partial charge is 0.408 e. The Morgan fingerprint density at radius 1 is 0.742 bits per heavy atom. The van der Waals surface area contributed by atoms with Crippen LogP contribution in [0.2, 0.25) is 0 Å². The second-order valence-electron chi connectivity index (χ2n) is 18.0. The van der Waals surface area contributed by atoms with E-state index in [4.69, 9.17) is 19.9 Å². The third kappa shape index (κ3) is 19.7. The second kappa shape index (κ2) is 25.8. The normalized spacial score (nSPS) is 24.2. The minimum atomic E-state index is -1.15. The molecule has 0 spiro atoms. The molecule has 3 rings (SSSR count). The van der Waals surface area contributed by atoms with Crippen molar-refractivity contribution in [2.75, 3.05) is 13.2 Å². The standard InChI is InChI=1S/C32H47N5O9.C13H21N3O4/c1-17(2)25-28(41)33-19(5)30(43)45-16-21(11-14-24(39)36-25)34-29(42)26(18(3)4)37-27(40)23(35-31(44)46-32(6,7)8)15-20-9-12-22(38)13-10-20;1-7(2)11-12(18)15-8(3)13(19)20-6-9(14)4-5-10(17)16-11/h9-14,17-19,21,23,25-26,38H,15-16H2,1-8H3,(H,33,41)(H,34,42)(H,35,44)(H,36,39)(H,37,40);4-5,7-9,11H,6,14H2,1-3H3,(H,15,18)(H,16,17)/b14-11+;5-4+/t19-,21+,23-,25-,26-;8-,9+,11-/m00/s1. The molecule has 2 aliphatic rings. The predicted molar refractivity (Wildman–Crippen MR) is 241 cm³/mol. The number of carbonyl (C=O) groups is 9. The number of phenols is 1. The molecule has 1 aromatic carbocycles. The van der Waals surface area contributed by atoms with E-state index in [1.54, 1.807) is 74.4 Å². The van der Waals surface area contributed by atoms with E-state index < -0.39 is 113 Å². The summed E-state index contributed by atoms with van der Waals surface area (Å²) in [4.78, 5) is 113. The maximum Gasteiger partial charge on any atom is 0.408 e. The highest BCUT2D eigenvalue weighted by molar-refractivity contribution is 5.96. The number of cyclic esters (lactones) is 2. The number of benzene rings is 1. The van der Waals surface area contributed by atoms with Gasteiger partial charge in [0.1, 0.15) is 60.8 Å². The minimum absolute atomic E-state index is 0.0281. The van der Waals surface area contributed by atoms with Crippen LogP contribution in [0.1, 0.15) is 81.7 Å². The first-order chi connectivity index (χ1) is 30.7. The third-order valence-corrected chi connectivity index (χ3v) is 9.67. The van der Waals surface area contributed by atoms with E-state index in [0.29, 0.717) is 5.56 Å². The first-order valence-corrected chi connectivity index (χ1v) is 21.7. The lowest BCUT2D eigenvalue weighted by Gasteiger charge is -2.28. The van der Waals surface area contributed by atoms with Gasteiger partial charge in [0.25, 0.3) is 0 Å². The molecule has 0 bridgehead atoms. The molecule has 2 aliphatic heterocycles. The van der Waals surface area contributed by atoms with Crippen molar-refractivity contribution in [3.63, 3.8) is 0 Å². The Labute approximate surface area is 385 Å². The Morgan fingerprint density at radius 3 is 1.70 bits per heavy atom. The molecule has 8 atom stereocenters. The highest BCUT2D eigenvalue weighted by Crippen LogP contribution is 2.14. The van der Waals surface area contributed by atoms with E-state index in [2.05, 4.69) is 37.2 Å². The summed E-state index contributed by atoms with van der Waals surface area (Å²) >= 11 is 0. The van der Waals surface area contributed by atoms with Crippen LogP contribution >= 0.6 is 0 Å². The molecule has 7 amide bonds. The molecule has 0 saturated heterocycles. The summed E-state index contributed by atoms with van der Waals surface area (Å²) in [6.07, 6.45) is 4.34. The van der Waals surface area contributed by atoms with Gasteiger partial charge in [-0.15, -0.1) is 0 Å². The number of phenolic OH excluding ortho intramolecular Hbond substituents is 1. The second-order valence-corrected chi connectivity index (χ2v) is 18.0. The lowest BCUT2D eigenvalue weighted by Crippen LogP contribution is -2.57. The van der Waals surface area contributed by atoms with E-state index in [1.807, 2.05) is 0 Å². The van der Waals surface area contributed by atoms with E-state index in [0.717, 1.165) is 6.08 Å². The Kier molecular flexibility index (Phi) is 21.8. The van der Waals surface area contributed by atoms with Crippen LogP contribution in [0.5, 0.6) is 5.75 Å². The Morgan fingerprint density at radius 2 is 1.23 bits per heavy atom. The fourth-order valence-corrected chi connectivity index (χ4v) is 6.00. The van der Waals surface area contributed by atoms with Gasteiger partial charge in [-0.05, 0) is 70.1 Å². The zero-order valence-corrected chi connectivity index (χ0v) is 39.5. The Bertz CT molecular complexity index is 1940. The van der Waals surface area contributed by atoms with Crippen LogP contribution in [0.3, 0.4) is 0 Å². The van der Waals surface area contributed by atoms with Crippen LogP contribution in [0.4, 0.5) is 4.79 Å². The monoisotopic (exact) mass is 928 g/mol. The van der Waals surface area contributed by atoms with Gasteiger partial charge in [0.15, 0.2) is 0 Å². The molecule has 0 fully saturated rings. The summed E-state index contributed by atoms with van der Waals surface area (Å²) in [7, 11) is 0. The van der Waals surface area contributed by atoms with E-state index >= 15 is 0 Å². The molecular weight excluding hydrogens is 861 g/mol. The zero-order valence-electron chi connectivity index (χ0n) is 39.5. The SMILES string of the molecule is CC(C)[C@@H]1NC(=O)/C=C/[C@@H](N)COC(=O)[C@H](C)NC1=O.CC(C)[C@@H]1NC(=O)/C=C/[C@@H](NC(=O)[C@@H](NC(=O)[C@H](Cc2ccc(O)cc2)NC(=O)OC(C)(C)C)C(C)C)COC(=O)[C@H](C)NC1=O. The van der Waals surface area contributed by atoms with Gasteiger partial charge in [-0.25, -0.2) is 14.4 Å². The number of carbonyl (C=O) groups excluding carboxylic acids is 9. The van der Waals surface area contributed by atoms with Crippen LogP contribution in [0.15, 0.2) is 48.6 Å². The molecule has 0 saturated carbocycles. The number of esters is 2. The molecule has 0 unspecified atom stereocenters. The zero-order chi connectivity index (χ0) is 50.1. The number of aromatic hydroxyl groups is 1. The summed E-state index contributed by atoms with van der Waals surface area (Å²) in [6, 6.07) is -1.13. The summed E-state index contributed by atoms with van der Waals surface area (Å²) in [6.45, 7) is 18.1. The summed E-state index contributed by atoms with van der Waals surface area (Å²) < 4.78 is 15.6. The summed E-state index contributed by atoms with van der Waals surface area (Å²) in [5.74, 6) is -5.35. The fourth-order valence-electron chi connectivity index (χ4n) is 6.00. The van der Waals surface area contributed by atoms with Crippen molar-refractivity contribution < 1.29 is 62.5 Å². The van der Waals surface area contributed by atoms with Gasteiger partial charge in [-0.1, -0.05) is 65.8 Å². The third-order valence-electron chi connectivity index (χ3n) is 9.67. The largest absolute Gasteiger partial charge is 0.508 e. The lowest BCUT2D eigenvalue weighted by molar-refractivity contribution is -0.148. The first kappa shape index (κ1) is 55.6. The molecular formula is C45H68N8O13. The number of amides is 7. The maximum atomic E-state index is 13.5.